The Labute approximate surface area is 137 Å². The van der Waals surface area contributed by atoms with Crippen molar-refractivity contribution in [1.29, 1.82) is 0 Å². The fourth-order valence-electron chi connectivity index (χ4n) is 4.40. The van der Waals surface area contributed by atoms with Gasteiger partial charge in [-0.25, -0.2) is 19.9 Å². The third-order valence-corrected chi connectivity index (χ3v) is 5.46. The average Bonchev–Trinajstić information content (AvgIpc) is 3.01. The normalized spacial score (nSPS) is 27.0. The van der Waals surface area contributed by atoms with E-state index in [4.69, 9.17) is 0 Å². The van der Waals surface area contributed by atoms with E-state index >= 15 is 0 Å². The van der Waals surface area contributed by atoms with Crippen LogP contribution in [0.25, 0.3) is 0 Å². The van der Waals surface area contributed by atoms with Crippen LogP contribution in [0, 0.1) is 24.7 Å². The Morgan fingerprint density at radius 2 is 2.04 bits per heavy atom. The maximum atomic E-state index is 4.61. The van der Waals surface area contributed by atoms with Gasteiger partial charge in [0.05, 0.1) is 18.1 Å². The van der Waals surface area contributed by atoms with Crippen LogP contribution in [0.1, 0.15) is 30.8 Å². The van der Waals surface area contributed by atoms with E-state index in [1.165, 1.54) is 30.6 Å². The first-order valence-corrected chi connectivity index (χ1v) is 8.58. The van der Waals surface area contributed by atoms with Crippen LogP contribution in [0.5, 0.6) is 0 Å². The lowest BCUT2D eigenvalue weighted by molar-refractivity contribution is 0.197. The molecule has 2 fully saturated rings. The summed E-state index contributed by atoms with van der Waals surface area (Å²) in [6.45, 7) is 4.25. The van der Waals surface area contributed by atoms with Crippen molar-refractivity contribution >= 4 is 5.69 Å². The molecule has 3 heterocycles. The zero-order chi connectivity index (χ0) is 15.6. The third-order valence-electron chi connectivity index (χ3n) is 5.46. The van der Waals surface area contributed by atoms with Crippen molar-refractivity contribution in [3.05, 3.63) is 42.5 Å². The topological polar surface area (TPSA) is 54.8 Å². The predicted molar refractivity (Wildman–Crippen MR) is 89.0 cm³/mol. The van der Waals surface area contributed by atoms with Crippen molar-refractivity contribution in [3.63, 3.8) is 0 Å². The second-order valence-electron chi connectivity index (χ2n) is 6.92. The Morgan fingerprint density at radius 1 is 1.17 bits per heavy atom. The molecule has 120 valence electrons. The fourth-order valence-corrected chi connectivity index (χ4v) is 4.40. The predicted octanol–water partition coefficient (Wildman–Crippen LogP) is 2.67. The summed E-state index contributed by atoms with van der Waals surface area (Å²) in [4.78, 5) is 19.6. The van der Waals surface area contributed by atoms with E-state index in [9.17, 15) is 0 Å². The minimum atomic E-state index is 0.734. The van der Waals surface area contributed by atoms with E-state index in [0.29, 0.717) is 0 Å². The highest BCUT2D eigenvalue weighted by molar-refractivity contribution is 5.43. The summed E-state index contributed by atoms with van der Waals surface area (Å²) in [6, 6.07) is 2.08. The monoisotopic (exact) mass is 309 g/mol. The minimum absolute atomic E-state index is 0.734. The van der Waals surface area contributed by atoms with Crippen LogP contribution in [0.4, 0.5) is 5.69 Å². The summed E-state index contributed by atoms with van der Waals surface area (Å²) < 4.78 is 0. The SMILES string of the molecule is Cc1nccc(C[C@H]2CCC[C@@H]3CN(c4cncnc4)C[C@H]23)n1. The molecule has 2 aliphatic rings. The van der Waals surface area contributed by atoms with Gasteiger partial charge in [0.15, 0.2) is 0 Å². The number of anilines is 1. The highest BCUT2D eigenvalue weighted by Gasteiger charge is 2.40. The molecular weight excluding hydrogens is 286 g/mol. The third kappa shape index (κ3) is 3.05. The Morgan fingerprint density at radius 3 is 2.87 bits per heavy atom. The number of fused-ring (bicyclic) bond motifs is 1. The van der Waals surface area contributed by atoms with Gasteiger partial charge >= 0.3 is 0 Å². The van der Waals surface area contributed by atoms with Crippen molar-refractivity contribution in [3.8, 4) is 0 Å². The lowest BCUT2D eigenvalue weighted by atomic mass is 9.72. The Balaban J connectivity index is 1.49. The van der Waals surface area contributed by atoms with Gasteiger partial charge < -0.3 is 4.90 Å². The summed E-state index contributed by atoms with van der Waals surface area (Å²) in [7, 11) is 0. The van der Waals surface area contributed by atoms with Crippen molar-refractivity contribution in [2.75, 3.05) is 18.0 Å². The van der Waals surface area contributed by atoms with E-state index in [1.54, 1.807) is 6.33 Å². The minimum Gasteiger partial charge on any atom is -0.368 e. The lowest BCUT2D eigenvalue weighted by Gasteiger charge is -2.32. The molecule has 5 heteroatoms. The first-order chi connectivity index (χ1) is 11.3. The highest BCUT2D eigenvalue weighted by atomic mass is 15.2. The van der Waals surface area contributed by atoms with Gasteiger partial charge in [0.1, 0.15) is 12.2 Å². The molecule has 1 saturated carbocycles. The van der Waals surface area contributed by atoms with Crippen LogP contribution >= 0.6 is 0 Å². The molecule has 4 rings (SSSR count). The van der Waals surface area contributed by atoms with Crippen molar-refractivity contribution < 1.29 is 0 Å². The molecule has 1 aliphatic carbocycles. The molecule has 1 aliphatic heterocycles. The van der Waals surface area contributed by atoms with E-state index in [1.807, 2.05) is 25.5 Å². The molecule has 23 heavy (non-hydrogen) atoms. The summed E-state index contributed by atoms with van der Waals surface area (Å²) in [5.41, 5.74) is 2.36. The summed E-state index contributed by atoms with van der Waals surface area (Å²) in [6.07, 6.45) is 12.5. The first kappa shape index (κ1) is 14.5. The maximum absolute atomic E-state index is 4.61. The molecular formula is C18H23N5. The lowest BCUT2D eigenvalue weighted by Crippen LogP contribution is -2.29. The van der Waals surface area contributed by atoms with Gasteiger partial charge in [-0.2, -0.15) is 0 Å². The molecule has 0 unspecified atom stereocenters. The number of hydrogen-bond acceptors (Lipinski definition) is 5. The molecule has 0 spiro atoms. The van der Waals surface area contributed by atoms with Gasteiger partial charge in [-0.1, -0.05) is 6.42 Å². The van der Waals surface area contributed by atoms with Crippen LogP contribution in [0.3, 0.4) is 0 Å². The molecule has 2 aromatic heterocycles. The quantitative estimate of drug-likeness (QED) is 0.872. The number of rotatable bonds is 3. The van der Waals surface area contributed by atoms with Crippen molar-refractivity contribution in [2.45, 2.75) is 32.6 Å². The largest absolute Gasteiger partial charge is 0.368 e. The van der Waals surface area contributed by atoms with E-state index in [2.05, 4.69) is 30.9 Å². The van der Waals surface area contributed by atoms with Crippen LogP contribution in [0.2, 0.25) is 0 Å². The van der Waals surface area contributed by atoms with Crippen molar-refractivity contribution in [1.82, 2.24) is 19.9 Å². The van der Waals surface area contributed by atoms with Gasteiger partial charge in [0.25, 0.3) is 0 Å². The first-order valence-electron chi connectivity index (χ1n) is 8.58. The zero-order valence-electron chi connectivity index (χ0n) is 13.6. The molecule has 5 nitrogen and oxygen atoms in total. The molecule has 0 amide bonds. The van der Waals surface area contributed by atoms with Crippen LogP contribution in [0.15, 0.2) is 31.0 Å². The molecule has 2 aromatic rings. The number of hydrogen-bond donors (Lipinski definition) is 0. The van der Waals surface area contributed by atoms with Gasteiger partial charge in [0, 0.05) is 25.0 Å². The van der Waals surface area contributed by atoms with Gasteiger partial charge in [0.2, 0.25) is 0 Å². The molecule has 0 radical (unpaired) electrons. The summed E-state index contributed by atoms with van der Waals surface area (Å²) in [5.74, 6) is 3.18. The van der Waals surface area contributed by atoms with Gasteiger partial charge in [-0.05, 0) is 50.0 Å². The second-order valence-corrected chi connectivity index (χ2v) is 6.92. The van der Waals surface area contributed by atoms with Crippen LogP contribution in [-0.2, 0) is 6.42 Å². The Bertz CT molecular complexity index is 659. The highest BCUT2D eigenvalue weighted by Crippen LogP contribution is 2.42. The number of aryl methyl sites for hydroxylation is 1. The number of aromatic nitrogens is 4. The molecule has 0 aromatic carbocycles. The van der Waals surface area contributed by atoms with E-state index < -0.39 is 0 Å². The second kappa shape index (κ2) is 6.22. The molecule has 3 atom stereocenters. The average molecular weight is 309 g/mol. The van der Waals surface area contributed by atoms with Gasteiger partial charge in [-0.3, -0.25) is 0 Å². The molecule has 0 bridgehead atoms. The summed E-state index contributed by atoms with van der Waals surface area (Å²) in [5, 5.41) is 0. The zero-order valence-corrected chi connectivity index (χ0v) is 13.6. The van der Waals surface area contributed by atoms with E-state index in [0.717, 1.165) is 43.1 Å². The Kier molecular flexibility index (Phi) is 3.93. The summed E-state index contributed by atoms with van der Waals surface area (Å²) >= 11 is 0. The van der Waals surface area contributed by atoms with E-state index in [-0.39, 0.29) is 0 Å². The van der Waals surface area contributed by atoms with Crippen LogP contribution in [-0.4, -0.2) is 33.0 Å². The molecule has 1 saturated heterocycles. The Hall–Kier alpha value is -2.04. The standard InChI is InChI=1S/C18H23N5/c1-13-21-6-5-16(22-13)7-14-3-2-4-15-10-23(11-18(14)15)17-8-19-12-20-9-17/h5-6,8-9,12,14-15,18H,2-4,7,10-11H2,1H3/t14-,15-,18-/m1/s1. The maximum Gasteiger partial charge on any atom is 0.125 e. The molecule has 0 N–H and O–H groups in total. The number of nitrogens with zero attached hydrogens (tertiary/aromatic N) is 5. The van der Waals surface area contributed by atoms with Crippen LogP contribution < -0.4 is 4.90 Å². The van der Waals surface area contributed by atoms with Crippen molar-refractivity contribution in [2.24, 2.45) is 17.8 Å². The van der Waals surface area contributed by atoms with Gasteiger partial charge in [-0.15, -0.1) is 0 Å². The fraction of sp³-hybridized carbons (Fsp3) is 0.556. The smallest absolute Gasteiger partial charge is 0.125 e.